The van der Waals surface area contributed by atoms with Crippen molar-refractivity contribution in [1.82, 2.24) is 0 Å². The second kappa shape index (κ2) is 22.6. The Balaban J connectivity index is 0.000000109. The number of ether oxygens (including phenoxy) is 5. The van der Waals surface area contributed by atoms with E-state index in [0.717, 1.165) is 106 Å². The van der Waals surface area contributed by atoms with Crippen LogP contribution >= 0.6 is 0 Å². The minimum atomic E-state index is 0.795. The largest absolute Gasteiger partial charge is 0.457 e. The van der Waals surface area contributed by atoms with Crippen molar-refractivity contribution in [3.63, 3.8) is 0 Å². The van der Waals surface area contributed by atoms with E-state index in [0.29, 0.717) is 0 Å². The number of piperidine rings is 2. The lowest BCUT2D eigenvalue weighted by Gasteiger charge is -2.31. The number of anilines is 6. The van der Waals surface area contributed by atoms with Crippen molar-refractivity contribution in [3.8, 4) is 34.5 Å². The lowest BCUT2D eigenvalue weighted by atomic mass is 9.98. The van der Waals surface area contributed by atoms with Crippen molar-refractivity contribution in [1.29, 1.82) is 0 Å². The molecule has 11 heteroatoms. The van der Waals surface area contributed by atoms with E-state index in [9.17, 15) is 0 Å². The molecule has 9 aliphatic rings. The van der Waals surface area contributed by atoms with E-state index in [1.807, 2.05) is 0 Å². The minimum Gasteiger partial charge on any atom is -0.457 e. The van der Waals surface area contributed by atoms with Gasteiger partial charge in [0.05, 0.1) is 26.4 Å². The average Bonchev–Trinajstić information content (AvgIpc) is 4.27. The highest BCUT2D eigenvalue weighted by molar-refractivity contribution is 5.65. The summed E-state index contributed by atoms with van der Waals surface area (Å²) in [6, 6.07) is 40.3. The zero-order chi connectivity index (χ0) is 50.6. The van der Waals surface area contributed by atoms with Crippen LogP contribution in [0.3, 0.4) is 0 Å². The van der Waals surface area contributed by atoms with Gasteiger partial charge in [0.2, 0.25) is 0 Å². The molecule has 0 N–H and O–H groups in total. The summed E-state index contributed by atoms with van der Waals surface area (Å²) in [7, 11) is 0. The molecule has 6 aromatic rings. The van der Waals surface area contributed by atoms with E-state index < -0.39 is 0 Å². The molecule has 15 rings (SSSR count). The Labute approximate surface area is 450 Å². The molecule has 0 saturated carbocycles. The Morgan fingerprint density at radius 1 is 0.224 bits per heavy atom. The highest BCUT2D eigenvalue weighted by Crippen LogP contribution is 2.44. The van der Waals surface area contributed by atoms with E-state index in [-0.39, 0.29) is 0 Å². The number of hydrogen-bond acceptors (Lipinski definition) is 11. The van der Waals surface area contributed by atoms with E-state index in [1.54, 1.807) is 0 Å². The summed E-state index contributed by atoms with van der Waals surface area (Å²) in [5.74, 6) is 6.17. The molecule has 0 unspecified atom stereocenters. The van der Waals surface area contributed by atoms with Crippen molar-refractivity contribution in [3.05, 3.63) is 143 Å². The zero-order valence-electron chi connectivity index (χ0n) is 44.6. The van der Waals surface area contributed by atoms with Crippen LogP contribution in [0.2, 0.25) is 0 Å². The summed E-state index contributed by atoms with van der Waals surface area (Å²) in [5, 5.41) is 0. The first-order valence-electron chi connectivity index (χ1n) is 29.1. The lowest BCUT2D eigenvalue weighted by molar-refractivity contribution is 0.122. The molecule has 76 heavy (non-hydrogen) atoms. The highest BCUT2D eigenvalue weighted by Gasteiger charge is 2.26. The van der Waals surface area contributed by atoms with Crippen LogP contribution in [0.25, 0.3) is 0 Å². The molecular weight excluding hydrogens is 945 g/mol. The topological polar surface area (TPSA) is 65.6 Å². The monoisotopic (exact) mass is 1020 g/mol. The van der Waals surface area contributed by atoms with Crippen molar-refractivity contribution < 1.29 is 23.7 Å². The van der Waals surface area contributed by atoms with E-state index in [2.05, 4.69) is 139 Å². The van der Waals surface area contributed by atoms with Crippen LogP contribution in [0, 0.1) is 0 Å². The Hall–Kier alpha value is -6.56. The van der Waals surface area contributed by atoms with Gasteiger partial charge in [0, 0.05) is 168 Å². The number of benzene rings is 6. The summed E-state index contributed by atoms with van der Waals surface area (Å²) < 4.78 is 30.0. The Morgan fingerprint density at radius 2 is 0.421 bits per heavy atom. The zero-order valence-corrected chi connectivity index (χ0v) is 44.6. The van der Waals surface area contributed by atoms with Gasteiger partial charge >= 0.3 is 0 Å². The van der Waals surface area contributed by atoms with Crippen LogP contribution in [0.1, 0.15) is 97.6 Å². The van der Waals surface area contributed by atoms with Crippen molar-refractivity contribution in [2.75, 3.05) is 134 Å². The highest BCUT2D eigenvalue weighted by atomic mass is 16.5. The fraction of sp³-hybridized carbons (Fsp3) is 0.446. The third kappa shape index (κ3) is 10.9. The summed E-state index contributed by atoms with van der Waals surface area (Å²) in [6.07, 6.45) is 16.1. The summed E-state index contributed by atoms with van der Waals surface area (Å²) >= 11 is 0. The first-order chi connectivity index (χ1) is 37.6. The molecule has 11 nitrogen and oxygen atoms in total. The molecule has 9 heterocycles. The van der Waals surface area contributed by atoms with Crippen LogP contribution in [0.4, 0.5) is 34.1 Å². The van der Waals surface area contributed by atoms with Crippen molar-refractivity contribution in [2.24, 2.45) is 0 Å². The molecule has 6 fully saturated rings. The predicted molar refractivity (Wildman–Crippen MR) is 308 cm³/mol. The third-order valence-electron chi connectivity index (χ3n) is 17.2. The Morgan fingerprint density at radius 3 is 0.645 bits per heavy atom. The van der Waals surface area contributed by atoms with Gasteiger partial charge in [-0.3, -0.25) is 0 Å². The SMILES string of the molecule is c1cc2c(cc1N1CCCC1)Oc1cc(N3CCCC3)ccc1C2.c1cc2c(cc1N1CCCCC1)Oc1cc(N3CCCCC3)ccc1C2.c1cc2c(cc1N1CCOCC1)Oc1cc(N3CCOCC3)ccc1C2. The van der Waals surface area contributed by atoms with Crippen molar-refractivity contribution >= 4 is 34.1 Å². The second-order valence-corrected chi connectivity index (χ2v) is 22.3. The van der Waals surface area contributed by atoms with Gasteiger partial charge < -0.3 is 53.1 Å². The molecule has 396 valence electrons. The molecule has 0 aromatic heterocycles. The molecular formula is C65H76N6O5. The quantitative estimate of drug-likeness (QED) is 0.160. The van der Waals surface area contributed by atoms with Gasteiger partial charge in [-0.1, -0.05) is 36.4 Å². The fourth-order valence-corrected chi connectivity index (χ4v) is 12.8. The Bertz CT molecular complexity index is 2650. The van der Waals surface area contributed by atoms with Gasteiger partial charge in [-0.25, -0.2) is 0 Å². The molecule has 0 aliphatic carbocycles. The molecule has 6 aromatic carbocycles. The maximum absolute atomic E-state index is 6.39. The minimum absolute atomic E-state index is 0.795. The van der Waals surface area contributed by atoms with Crippen molar-refractivity contribution in [2.45, 2.75) is 83.5 Å². The summed E-state index contributed by atoms with van der Waals surface area (Å²) in [6.45, 7) is 16.3. The van der Waals surface area contributed by atoms with E-state index >= 15 is 0 Å². The normalized spacial score (nSPS) is 19.4. The number of nitrogens with zero attached hydrogens (tertiary/aromatic N) is 6. The summed E-state index contributed by atoms with van der Waals surface area (Å²) in [5.41, 5.74) is 15.4. The lowest BCUT2D eigenvalue weighted by Crippen LogP contribution is -2.36. The van der Waals surface area contributed by atoms with Crippen LogP contribution in [-0.2, 0) is 28.7 Å². The number of hydrogen-bond donors (Lipinski definition) is 0. The number of morpholine rings is 2. The van der Waals surface area contributed by atoms with Gasteiger partial charge in [-0.05, 0) is 134 Å². The van der Waals surface area contributed by atoms with Gasteiger partial charge in [0.1, 0.15) is 34.5 Å². The third-order valence-corrected chi connectivity index (χ3v) is 17.2. The average molecular weight is 1020 g/mol. The van der Waals surface area contributed by atoms with E-state index in [4.69, 9.17) is 23.7 Å². The molecule has 0 amide bonds. The smallest absolute Gasteiger partial charge is 0.133 e. The van der Waals surface area contributed by atoms with Gasteiger partial charge in [-0.15, -0.1) is 0 Å². The van der Waals surface area contributed by atoms with Crippen LogP contribution in [0.5, 0.6) is 34.5 Å². The molecule has 0 atom stereocenters. The van der Waals surface area contributed by atoms with Crippen LogP contribution in [-0.4, -0.2) is 105 Å². The Kier molecular flexibility index (Phi) is 14.6. The summed E-state index contributed by atoms with van der Waals surface area (Å²) in [4.78, 5) is 14.7. The van der Waals surface area contributed by atoms with Crippen LogP contribution in [0.15, 0.2) is 109 Å². The fourth-order valence-electron chi connectivity index (χ4n) is 12.8. The van der Waals surface area contributed by atoms with E-state index in [1.165, 1.54) is 184 Å². The maximum Gasteiger partial charge on any atom is 0.133 e. The van der Waals surface area contributed by atoms with Crippen LogP contribution < -0.4 is 43.6 Å². The van der Waals surface area contributed by atoms with Gasteiger partial charge in [0.25, 0.3) is 0 Å². The number of fused-ring (bicyclic) bond motifs is 6. The number of rotatable bonds is 6. The maximum atomic E-state index is 6.39. The first kappa shape index (κ1) is 49.0. The molecule has 0 spiro atoms. The predicted octanol–water partition coefficient (Wildman–Crippen LogP) is 13.0. The van der Waals surface area contributed by atoms with Gasteiger partial charge in [-0.2, -0.15) is 0 Å². The second-order valence-electron chi connectivity index (χ2n) is 22.3. The molecule has 0 bridgehead atoms. The standard InChI is InChI=1S/C23H28N2O.C21H24N2O3.C21H24N2O/c1-3-11-24(12-4-1)20-9-7-18-15-19-8-10-21(25-13-5-2-6-14-25)17-23(19)26-22(18)16-20;1-3-18(22-5-9-24-10-6-22)14-20-16(1)13-17-2-4-19(15-21(17)26-20)23-7-11-25-12-8-23;1-2-10-22(9-1)18-7-5-16-13-17-6-8-19(23-11-3-4-12-23)15-21(17)24-20(16)14-18/h7-10,16-17H,1-6,11-15H2;1-4,14-15H,5-13H2;5-8,14-15H,1-4,9-13H2. The molecule has 0 radical (unpaired) electrons. The molecule has 9 aliphatic heterocycles. The van der Waals surface area contributed by atoms with Gasteiger partial charge in [0.15, 0.2) is 0 Å². The molecule has 6 saturated heterocycles. The first-order valence-corrected chi connectivity index (χ1v) is 29.1.